The molecule has 1 atom stereocenters. The molecule has 0 aliphatic carbocycles. The fraction of sp³-hybridized carbons (Fsp3) is 0.650. The number of carbonyl (C=O) groups excluding carboxylic acids is 1. The van der Waals surface area contributed by atoms with Crippen LogP contribution in [-0.4, -0.2) is 43.0 Å². The van der Waals surface area contributed by atoms with Gasteiger partial charge in [0.15, 0.2) is 0 Å². The maximum absolute atomic E-state index is 12.9. The SMILES string of the molecule is Cc1nccn1CCC1CCN(C(=O)C(C)n2ccnc2C(C)C)CC1. The summed E-state index contributed by atoms with van der Waals surface area (Å²) >= 11 is 0. The summed E-state index contributed by atoms with van der Waals surface area (Å²) in [6, 6.07) is -0.181. The van der Waals surface area contributed by atoms with Crippen LogP contribution in [0, 0.1) is 12.8 Å². The van der Waals surface area contributed by atoms with E-state index in [1.165, 1.54) is 0 Å². The molecule has 6 heteroatoms. The normalized spacial score (nSPS) is 17.0. The molecule has 0 saturated carbocycles. The number of aryl methyl sites for hydroxylation is 2. The minimum Gasteiger partial charge on any atom is -0.341 e. The van der Waals surface area contributed by atoms with Crippen LogP contribution in [0.15, 0.2) is 24.8 Å². The standard InChI is InChI=1S/C20H31N5O/c1-15(2)19-22-9-14-25(19)16(3)20(26)24-11-6-18(7-12-24)5-10-23-13-8-21-17(23)4/h8-9,13-16,18H,5-7,10-12H2,1-4H3. The van der Waals surface area contributed by atoms with Gasteiger partial charge in [-0.2, -0.15) is 0 Å². The number of rotatable bonds is 6. The monoisotopic (exact) mass is 357 g/mol. The molecule has 6 nitrogen and oxygen atoms in total. The zero-order chi connectivity index (χ0) is 18.7. The average Bonchev–Trinajstić information content (AvgIpc) is 3.28. The molecule has 3 heterocycles. The van der Waals surface area contributed by atoms with Crippen molar-refractivity contribution in [2.24, 2.45) is 5.92 Å². The number of hydrogen-bond acceptors (Lipinski definition) is 3. The van der Waals surface area contributed by atoms with E-state index in [0.29, 0.717) is 11.8 Å². The van der Waals surface area contributed by atoms with Crippen molar-refractivity contribution in [2.75, 3.05) is 13.1 Å². The highest BCUT2D eigenvalue weighted by Gasteiger charge is 2.28. The molecular formula is C20H31N5O. The van der Waals surface area contributed by atoms with Crippen LogP contribution in [-0.2, 0) is 11.3 Å². The van der Waals surface area contributed by atoms with Crippen molar-refractivity contribution in [1.82, 2.24) is 24.0 Å². The number of amides is 1. The molecule has 2 aromatic heterocycles. The molecule has 1 aliphatic heterocycles. The van der Waals surface area contributed by atoms with Crippen LogP contribution in [0.1, 0.15) is 63.6 Å². The predicted molar refractivity (Wildman–Crippen MR) is 102 cm³/mol. The Morgan fingerprint density at radius 2 is 1.85 bits per heavy atom. The maximum Gasteiger partial charge on any atom is 0.245 e. The van der Waals surface area contributed by atoms with E-state index in [1.807, 2.05) is 41.9 Å². The van der Waals surface area contributed by atoms with Gasteiger partial charge in [-0.1, -0.05) is 13.8 Å². The third-order valence-electron chi connectivity index (χ3n) is 5.62. The maximum atomic E-state index is 12.9. The Labute approximate surface area is 156 Å². The van der Waals surface area contributed by atoms with Gasteiger partial charge >= 0.3 is 0 Å². The lowest BCUT2D eigenvalue weighted by Crippen LogP contribution is -2.42. The molecule has 3 rings (SSSR count). The van der Waals surface area contributed by atoms with E-state index >= 15 is 0 Å². The number of piperidine rings is 1. The van der Waals surface area contributed by atoms with Crippen LogP contribution >= 0.6 is 0 Å². The molecule has 0 N–H and O–H groups in total. The van der Waals surface area contributed by atoms with E-state index in [9.17, 15) is 4.79 Å². The molecule has 142 valence electrons. The molecule has 0 spiro atoms. The first-order valence-corrected chi connectivity index (χ1v) is 9.76. The van der Waals surface area contributed by atoms with E-state index in [4.69, 9.17) is 0 Å². The Morgan fingerprint density at radius 3 is 2.46 bits per heavy atom. The Bertz CT molecular complexity index is 724. The number of likely N-dealkylation sites (tertiary alicyclic amines) is 1. The van der Waals surface area contributed by atoms with Crippen LogP contribution in [0.3, 0.4) is 0 Å². The smallest absolute Gasteiger partial charge is 0.245 e. The largest absolute Gasteiger partial charge is 0.341 e. The lowest BCUT2D eigenvalue weighted by molar-refractivity contribution is -0.135. The van der Waals surface area contributed by atoms with Crippen molar-refractivity contribution >= 4 is 5.91 Å². The fourth-order valence-electron chi connectivity index (χ4n) is 3.89. The van der Waals surface area contributed by atoms with Crippen LogP contribution in [0.2, 0.25) is 0 Å². The molecule has 0 aromatic carbocycles. The van der Waals surface area contributed by atoms with Crippen LogP contribution < -0.4 is 0 Å². The zero-order valence-corrected chi connectivity index (χ0v) is 16.4. The highest BCUT2D eigenvalue weighted by atomic mass is 16.2. The topological polar surface area (TPSA) is 56.0 Å². The first kappa shape index (κ1) is 18.7. The molecule has 1 amide bonds. The van der Waals surface area contributed by atoms with Gasteiger partial charge in [-0.25, -0.2) is 9.97 Å². The molecule has 0 bridgehead atoms. The van der Waals surface area contributed by atoms with Crippen molar-refractivity contribution in [3.05, 3.63) is 36.4 Å². The minimum atomic E-state index is -0.181. The fourth-order valence-corrected chi connectivity index (χ4v) is 3.89. The van der Waals surface area contributed by atoms with Gasteiger partial charge in [0.2, 0.25) is 5.91 Å². The van der Waals surface area contributed by atoms with Gasteiger partial charge in [-0.3, -0.25) is 4.79 Å². The van der Waals surface area contributed by atoms with Gasteiger partial charge in [0.25, 0.3) is 0 Å². The lowest BCUT2D eigenvalue weighted by Gasteiger charge is -2.34. The van der Waals surface area contributed by atoms with E-state index in [1.54, 1.807) is 6.20 Å². The second-order valence-corrected chi connectivity index (χ2v) is 7.75. The minimum absolute atomic E-state index is 0.181. The van der Waals surface area contributed by atoms with E-state index < -0.39 is 0 Å². The third-order valence-corrected chi connectivity index (χ3v) is 5.62. The first-order chi connectivity index (χ1) is 12.5. The van der Waals surface area contributed by atoms with Crippen LogP contribution in [0.4, 0.5) is 0 Å². The van der Waals surface area contributed by atoms with Crippen LogP contribution in [0.5, 0.6) is 0 Å². The highest BCUT2D eigenvalue weighted by molar-refractivity contribution is 5.80. The van der Waals surface area contributed by atoms with Crippen molar-refractivity contribution in [2.45, 2.75) is 65.5 Å². The Hall–Kier alpha value is -2.11. The van der Waals surface area contributed by atoms with Gasteiger partial charge < -0.3 is 14.0 Å². The van der Waals surface area contributed by atoms with Gasteiger partial charge in [0, 0.05) is 50.3 Å². The lowest BCUT2D eigenvalue weighted by atomic mass is 9.93. The zero-order valence-electron chi connectivity index (χ0n) is 16.4. The van der Waals surface area contributed by atoms with Crippen molar-refractivity contribution in [3.63, 3.8) is 0 Å². The molecular weight excluding hydrogens is 326 g/mol. The number of carbonyl (C=O) groups is 1. The van der Waals surface area contributed by atoms with Gasteiger partial charge in [0.1, 0.15) is 17.7 Å². The molecule has 0 radical (unpaired) electrons. The van der Waals surface area contributed by atoms with Crippen LogP contribution in [0.25, 0.3) is 0 Å². The van der Waals surface area contributed by atoms with Gasteiger partial charge in [0.05, 0.1) is 0 Å². The summed E-state index contributed by atoms with van der Waals surface area (Å²) in [5.41, 5.74) is 0. The van der Waals surface area contributed by atoms with Crippen molar-refractivity contribution < 1.29 is 4.79 Å². The summed E-state index contributed by atoms with van der Waals surface area (Å²) in [4.78, 5) is 23.7. The number of imidazole rings is 2. The number of nitrogens with zero attached hydrogens (tertiary/aromatic N) is 5. The molecule has 26 heavy (non-hydrogen) atoms. The second-order valence-electron chi connectivity index (χ2n) is 7.75. The predicted octanol–water partition coefficient (Wildman–Crippen LogP) is 3.40. The van der Waals surface area contributed by atoms with Crippen molar-refractivity contribution in [3.8, 4) is 0 Å². The highest BCUT2D eigenvalue weighted by Crippen LogP contribution is 2.25. The van der Waals surface area contributed by atoms with E-state index in [2.05, 4.69) is 28.4 Å². The summed E-state index contributed by atoms with van der Waals surface area (Å²) in [5, 5.41) is 0. The summed E-state index contributed by atoms with van der Waals surface area (Å²) in [6.45, 7) is 11.0. The molecule has 1 fully saturated rings. The van der Waals surface area contributed by atoms with E-state index in [-0.39, 0.29) is 11.9 Å². The summed E-state index contributed by atoms with van der Waals surface area (Å²) < 4.78 is 4.24. The quantitative estimate of drug-likeness (QED) is 0.796. The summed E-state index contributed by atoms with van der Waals surface area (Å²) in [6.07, 6.45) is 11.0. The Balaban J connectivity index is 1.51. The average molecular weight is 358 g/mol. The van der Waals surface area contributed by atoms with Crippen molar-refractivity contribution in [1.29, 1.82) is 0 Å². The third kappa shape index (κ3) is 4.00. The van der Waals surface area contributed by atoms with E-state index in [0.717, 1.165) is 50.5 Å². The second kappa shape index (κ2) is 8.06. The molecule has 1 aliphatic rings. The van der Waals surface area contributed by atoms with Gasteiger partial charge in [-0.15, -0.1) is 0 Å². The number of aromatic nitrogens is 4. The number of hydrogen-bond donors (Lipinski definition) is 0. The Morgan fingerprint density at radius 1 is 1.15 bits per heavy atom. The first-order valence-electron chi connectivity index (χ1n) is 9.76. The van der Waals surface area contributed by atoms with Gasteiger partial charge in [-0.05, 0) is 39.0 Å². The summed E-state index contributed by atoms with van der Waals surface area (Å²) in [5.74, 6) is 3.28. The Kier molecular flexibility index (Phi) is 5.79. The molecule has 1 unspecified atom stereocenters. The molecule has 2 aromatic rings. The summed E-state index contributed by atoms with van der Waals surface area (Å²) in [7, 11) is 0. The molecule has 1 saturated heterocycles.